The van der Waals surface area contributed by atoms with Crippen molar-refractivity contribution >= 4 is 17.6 Å². The van der Waals surface area contributed by atoms with Crippen molar-refractivity contribution in [2.75, 3.05) is 23.8 Å². The van der Waals surface area contributed by atoms with Crippen LogP contribution in [0.4, 0.5) is 5.82 Å². The van der Waals surface area contributed by atoms with Gasteiger partial charge in [0.15, 0.2) is 0 Å². The predicted octanol–water partition coefficient (Wildman–Crippen LogP) is 1.14. The molecule has 0 aromatic carbocycles. The summed E-state index contributed by atoms with van der Waals surface area (Å²) in [5.74, 6) is 2.19. The van der Waals surface area contributed by atoms with Crippen molar-refractivity contribution in [1.82, 2.24) is 4.98 Å². The van der Waals surface area contributed by atoms with E-state index in [-0.39, 0.29) is 6.10 Å². The Labute approximate surface area is 99.2 Å². The number of aryl methyl sites for hydroxylation is 1. The quantitative estimate of drug-likeness (QED) is 0.811. The summed E-state index contributed by atoms with van der Waals surface area (Å²) in [7, 11) is 0. The number of nitrogen functional groups attached to an aromatic ring is 1. The van der Waals surface area contributed by atoms with Crippen molar-refractivity contribution in [1.29, 1.82) is 0 Å². The zero-order chi connectivity index (χ0) is 11.5. The molecule has 2 unspecified atom stereocenters. The van der Waals surface area contributed by atoms with Crippen LogP contribution >= 0.6 is 11.8 Å². The minimum atomic E-state index is -0.679. The molecule has 1 aliphatic rings. The first-order valence-corrected chi connectivity index (χ1v) is 6.44. The van der Waals surface area contributed by atoms with Crippen LogP contribution in [0.15, 0.2) is 12.3 Å². The molecule has 5 heteroatoms. The Bertz CT molecular complexity index is 347. The molecule has 3 N–H and O–H groups in total. The summed E-state index contributed by atoms with van der Waals surface area (Å²) in [6.45, 7) is 2.61. The van der Waals surface area contributed by atoms with Gasteiger partial charge in [-0.1, -0.05) is 0 Å². The highest BCUT2D eigenvalue weighted by Crippen LogP contribution is 2.29. The number of nitrogens with zero attached hydrogens (tertiary/aromatic N) is 1. The van der Waals surface area contributed by atoms with Gasteiger partial charge in [-0.05, 0) is 18.6 Å². The molecule has 0 spiro atoms. The fraction of sp³-hybridized carbons (Fsp3) is 0.545. The van der Waals surface area contributed by atoms with Gasteiger partial charge in [0, 0.05) is 23.3 Å². The first-order chi connectivity index (χ1) is 7.70. The Hall–Kier alpha value is -0.780. The zero-order valence-electron chi connectivity index (χ0n) is 9.22. The highest BCUT2D eigenvalue weighted by Gasteiger charge is 2.27. The van der Waals surface area contributed by atoms with Crippen molar-refractivity contribution in [3.8, 4) is 0 Å². The van der Waals surface area contributed by atoms with Crippen LogP contribution < -0.4 is 5.73 Å². The third-order valence-electron chi connectivity index (χ3n) is 2.73. The monoisotopic (exact) mass is 240 g/mol. The molecule has 0 aliphatic carbocycles. The second-order valence-electron chi connectivity index (χ2n) is 3.86. The lowest BCUT2D eigenvalue weighted by atomic mass is 10.0. The fourth-order valence-electron chi connectivity index (χ4n) is 1.85. The standard InChI is InChI=1S/C11H16N2O2S/c1-7-2-3-13-11(12)9(7)10(14)8-6-16-5-4-15-8/h2-3,8,10,14H,4-6H2,1H3,(H2,12,13). The number of anilines is 1. The van der Waals surface area contributed by atoms with Gasteiger partial charge in [0.1, 0.15) is 11.9 Å². The number of aliphatic hydroxyl groups excluding tert-OH is 1. The molecular weight excluding hydrogens is 224 g/mol. The number of pyridine rings is 1. The molecule has 2 rings (SSSR count). The van der Waals surface area contributed by atoms with Crippen molar-refractivity contribution in [3.63, 3.8) is 0 Å². The largest absolute Gasteiger partial charge is 0.386 e. The topological polar surface area (TPSA) is 68.4 Å². The van der Waals surface area contributed by atoms with E-state index in [2.05, 4.69) is 4.98 Å². The SMILES string of the molecule is Cc1ccnc(N)c1C(O)C1CSCCO1. The smallest absolute Gasteiger partial charge is 0.129 e. The highest BCUT2D eigenvalue weighted by atomic mass is 32.2. The van der Waals surface area contributed by atoms with E-state index in [1.54, 1.807) is 18.0 Å². The van der Waals surface area contributed by atoms with Gasteiger partial charge in [-0.2, -0.15) is 11.8 Å². The van der Waals surface area contributed by atoms with Crippen LogP contribution in [0.2, 0.25) is 0 Å². The lowest BCUT2D eigenvalue weighted by Crippen LogP contribution is -2.30. The van der Waals surface area contributed by atoms with Gasteiger partial charge in [0.25, 0.3) is 0 Å². The van der Waals surface area contributed by atoms with Gasteiger partial charge >= 0.3 is 0 Å². The first-order valence-electron chi connectivity index (χ1n) is 5.28. The van der Waals surface area contributed by atoms with Gasteiger partial charge in [-0.15, -0.1) is 0 Å². The van der Waals surface area contributed by atoms with E-state index in [4.69, 9.17) is 10.5 Å². The van der Waals surface area contributed by atoms with Crippen LogP contribution in [-0.2, 0) is 4.74 Å². The van der Waals surface area contributed by atoms with Gasteiger partial charge < -0.3 is 15.6 Å². The Morgan fingerprint density at radius 1 is 1.69 bits per heavy atom. The van der Waals surface area contributed by atoms with Crippen molar-refractivity contribution in [2.45, 2.75) is 19.1 Å². The van der Waals surface area contributed by atoms with E-state index in [9.17, 15) is 5.11 Å². The molecule has 1 aromatic heterocycles. The van der Waals surface area contributed by atoms with Crippen LogP contribution in [0.5, 0.6) is 0 Å². The maximum atomic E-state index is 10.2. The molecule has 4 nitrogen and oxygen atoms in total. The molecule has 2 heterocycles. The van der Waals surface area contributed by atoms with E-state index in [1.165, 1.54) is 0 Å². The number of nitrogens with two attached hydrogens (primary N) is 1. The van der Waals surface area contributed by atoms with E-state index in [0.717, 1.165) is 17.1 Å². The van der Waals surface area contributed by atoms with E-state index in [1.807, 2.05) is 13.0 Å². The molecule has 0 saturated carbocycles. The number of ether oxygens (including phenoxy) is 1. The maximum absolute atomic E-state index is 10.2. The summed E-state index contributed by atoms with van der Waals surface area (Å²) in [6.07, 6.45) is 0.794. The molecule has 1 fully saturated rings. The maximum Gasteiger partial charge on any atom is 0.129 e. The van der Waals surface area contributed by atoms with Gasteiger partial charge in [-0.3, -0.25) is 0 Å². The molecule has 1 saturated heterocycles. The van der Waals surface area contributed by atoms with E-state index < -0.39 is 6.10 Å². The molecule has 0 radical (unpaired) electrons. The van der Waals surface area contributed by atoms with Gasteiger partial charge in [-0.25, -0.2) is 4.98 Å². The number of aromatic nitrogens is 1. The number of aliphatic hydroxyl groups is 1. The van der Waals surface area contributed by atoms with Crippen LogP contribution in [0.1, 0.15) is 17.2 Å². The summed E-state index contributed by atoms with van der Waals surface area (Å²) in [4.78, 5) is 4.01. The summed E-state index contributed by atoms with van der Waals surface area (Å²) in [6, 6.07) is 1.85. The fourth-order valence-corrected chi connectivity index (χ4v) is 2.74. The Kier molecular flexibility index (Phi) is 3.68. The highest BCUT2D eigenvalue weighted by molar-refractivity contribution is 7.99. The molecule has 16 heavy (non-hydrogen) atoms. The van der Waals surface area contributed by atoms with Crippen molar-refractivity contribution in [2.24, 2.45) is 0 Å². The van der Waals surface area contributed by atoms with Crippen LogP contribution in [0.25, 0.3) is 0 Å². The summed E-state index contributed by atoms with van der Waals surface area (Å²) in [5.41, 5.74) is 7.46. The Balaban J connectivity index is 2.22. The number of thioether (sulfide) groups is 1. The van der Waals surface area contributed by atoms with Crippen LogP contribution in [0, 0.1) is 6.92 Å². The predicted molar refractivity (Wildman–Crippen MR) is 65.4 cm³/mol. The number of hydrogen-bond donors (Lipinski definition) is 2. The minimum absolute atomic E-state index is 0.177. The molecule has 88 valence electrons. The molecule has 1 aromatic rings. The van der Waals surface area contributed by atoms with Gasteiger partial charge in [0.2, 0.25) is 0 Å². The van der Waals surface area contributed by atoms with Crippen molar-refractivity contribution < 1.29 is 9.84 Å². The number of hydrogen-bond acceptors (Lipinski definition) is 5. The molecular formula is C11H16N2O2S. The molecule has 2 atom stereocenters. The third-order valence-corrected chi connectivity index (χ3v) is 3.75. The van der Waals surface area contributed by atoms with Gasteiger partial charge in [0.05, 0.1) is 12.7 Å². The van der Waals surface area contributed by atoms with E-state index in [0.29, 0.717) is 18.0 Å². The summed E-state index contributed by atoms with van der Waals surface area (Å²) >= 11 is 1.79. The van der Waals surface area contributed by atoms with Crippen LogP contribution in [0.3, 0.4) is 0 Å². The average molecular weight is 240 g/mol. The summed E-state index contributed by atoms with van der Waals surface area (Å²) < 4.78 is 5.55. The van der Waals surface area contributed by atoms with E-state index >= 15 is 0 Å². The molecule has 1 aliphatic heterocycles. The Morgan fingerprint density at radius 2 is 2.50 bits per heavy atom. The average Bonchev–Trinajstić information content (AvgIpc) is 2.30. The molecule has 0 amide bonds. The third kappa shape index (κ3) is 2.31. The molecule has 0 bridgehead atoms. The number of rotatable bonds is 2. The summed E-state index contributed by atoms with van der Waals surface area (Å²) in [5, 5.41) is 10.2. The lowest BCUT2D eigenvalue weighted by Gasteiger charge is -2.28. The normalized spacial score (nSPS) is 23.0. The second kappa shape index (κ2) is 5.03. The minimum Gasteiger partial charge on any atom is -0.386 e. The zero-order valence-corrected chi connectivity index (χ0v) is 10.0. The van der Waals surface area contributed by atoms with Crippen molar-refractivity contribution in [3.05, 3.63) is 23.4 Å². The Morgan fingerprint density at radius 3 is 3.12 bits per heavy atom. The van der Waals surface area contributed by atoms with Crippen LogP contribution in [-0.4, -0.2) is 34.3 Å². The lowest BCUT2D eigenvalue weighted by molar-refractivity contribution is -0.0227. The first kappa shape index (κ1) is 11.7. The second-order valence-corrected chi connectivity index (χ2v) is 5.01.